The number of imidazole rings is 1. The van der Waals surface area contributed by atoms with E-state index >= 15 is 0 Å². The first-order chi connectivity index (χ1) is 15.9. The van der Waals surface area contributed by atoms with E-state index in [1.54, 1.807) is 6.07 Å². The summed E-state index contributed by atoms with van der Waals surface area (Å²) >= 11 is 0. The van der Waals surface area contributed by atoms with Crippen molar-refractivity contribution in [1.29, 1.82) is 0 Å². The van der Waals surface area contributed by atoms with E-state index in [1.165, 1.54) is 21.0 Å². The largest absolute Gasteiger partial charge is 0.419 e. The van der Waals surface area contributed by atoms with Crippen molar-refractivity contribution >= 4 is 32.7 Å². The van der Waals surface area contributed by atoms with Gasteiger partial charge in [0.15, 0.2) is 5.58 Å². The summed E-state index contributed by atoms with van der Waals surface area (Å²) in [5.74, 6) is -0.865. The summed E-state index contributed by atoms with van der Waals surface area (Å²) in [4.78, 5) is 29.2. The van der Waals surface area contributed by atoms with Crippen molar-refractivity contribution < 1.29 is 17.6 Å². The lowest BCUT2D eigenvalue weighted by Gasteiger charge is -2.15. The molecule has 10 nitrogen and oxygen atoms in total. The van der Waals surface area contributed by atoms with E-state index in [9.17, 15) is 18.0 Å². The third-order valence-electron chi connectivity index (χ3n) is 5.79. The predicted molar refractivity (Wildman–Crippen MR) is 120 cm³/mol. The molecule has 1 saturated heterocycles. The van der Waals surface area contributed by atoms with E-state index in [4.69, 9.17) is 4.42 Å². The molecule has 1 fully saturated rings. The minimum Gasteiger partial charge on any atom is -0.408 e. The molecular formula is C22H23N5O5S. The molecule has 0 atom stereocenters. The fourth-order valence-corrected chi connectivity index (χ4v) is 5.59. The van der Waals surface area contributed by atoms with E-state index in [0.29, 0.717) is 18.6 Å². The van der Waals surface area contributed by atoms with Gasteiger partial charge in [-0.1, -0.05) is 6.07 Å². The van der Waals surface area contributed by atoms with Crippen LogP contribution in [0.4, 0.5) is 0 Å². The van der Waals surface area contributed by atoms with Crippen LogP contribution in [-0.2, 0) is 27.9 Å². The van der Waals surface area contributed by atoms with Crippen LogP contribution in [0.3, 0.4) is 0 Å². The average Bonchev–Trinajstić information content (AvgIpc) is 3.54. The number of hydrogen-bond acceptors (Lipinski definition) is 6. The quantitative estimate of drug-likeness (QED) is 0.440. The summed E-state index contributed by atoms with van der Waals surface area (Å²) in [5, 5.41) is 2.80. The Kier molecular flexibility index (Phi) is 5.51. The monoisotopic (exact) mass is 469 g/mol. The van der Waals surface area contributed by atoms with Gasteiger partial charge in [-0.15, -0.1) is 0 Å². The van der Waals surface area contributed by atoms with Gasteiger partial charge in [0, 0.05) is 44.5 Å². The molecule has 0 unspecified atom stereocenters. The van der Waals surface area contributed by atoms with E-state index in [0.717, 1.165) is 24.2 Å². The van der Waals surface area contributed by atoms with Gasteiger partial charge < -0.3 is 14.1 Å². The number of hydrogen-bond donors (Lipinski definition) is 1. The van der Waals surface area contributed by atoms with Gasteiger partial charge in [0.2, 0.25) is 15.9 Å². The molecule has 0 radical (unpaired) electrons. The van der Waals surface area contributed by atoms with Crippen LogP contribution in [0, 0.1) is 0 Å². The minimum absolute atomic E-state index is 0.0652. The maximum atomic E-state index is 12.8. The molecule has 4 aromatic rings. The molecule has 3 aromatic heterocycles. The van der Waals surface area contributed by atoms with Gasteiger partial charge in [0.05, 0.1) is 22.7 Å². The minimum atomic E-state index is -3.61. The molecule has 172 valence electrons. The maximum Gasteiger partial charge on any atom is 0.419 e. The number of sulfonamides is 1. The molecule has 11 heteroatoms. The van der Waals surface area contributed by atoms with Crippen molar-refractivity contribution in [2.75, 3.05) is 13.1 Å². The van der Waals surface area contributed by atoms with Gasteiger partial charge in [-0.25, -0.2) is 18.2 Å². The van der Waals surface area contributed by atoms with Crippen LogP contribution < -0.4 is 11.1 Å². The number of amides is 1. The zero-order valence-electron chi connectivity index (χ0n) is 17.8. The molecule has 0 aliphatic carbocycles. The normalized spacial score (nSPS) is 14.9. The second-order valence-electron chi connectivity index (χ2n) is 7.99. The van der Waals surface area contributed by atoms with Gasteiger partial charge in [0.1, 0.15) is 5.65 Å². The van der Waals surface area contributed by atoms with Crippen molar-refractivity contribution in [1.82, 2.24) is 23.6 Å². The molecule has 1 N–H and O–H groups in total. The lowest BCUT2D eigenvalue weighted by Crippen LogP contribution is -2.27. The van der Waals surface area contributed by atoms with Crippen LogP contribution in [0.2, 0.25) is 0 Å². The molecule has 1 aliphatic rings. The molecule has 1 aliphatic heterocycles. The Balaban J connectivity index is 1.26. The topological polar surface area (TPSA) is 119 Å². The fourth-order valence-electron chi connectivity index (χ4n) is 4.06. The standard InChI is InChI=1S/C22H23N5O5S/c28-21(23-14-16-15-25-9-2-1-5-20(25)24-16)8-12-27-18-7-6-17(13-19(18)32-22(27)29)33(30,31)26-10-3-4-11-26/h1-2,5-7,9,13,15H,3-4,8,10-12,14H2,(H,23,28). The van der Waals surface area contributed by atoms with Gasteiger partial charge in [-0.2, -0.15) is 4.31 Å². The molecule has 0 bridgehead atoms. The molecular weight excluding hydrogens is 446 g/mol. The molecule has 0 spiro atoms. The van der Waals surface area contributed by atoms with Crippen molar-refractivity contribution in [2.45, 2.75) is 37.2 Å². The highest BCUT2D eigenvalue weighted by Gasteiger charge is 2.28. The Hall–Kier alpha value is -3.44. The van der Waals surface area contributed by atoms with Crippen LogP contribution in [0.5, 0.6) is 0 Å². The highest BCUT2D eigenvalue weighted by Crippen LogP contribution is 2.24. The van der Waals surface area contributed by atoms with Gasteiger partial charge in [-0.05, 0) is 37.1 Å². The maximum absolute atomic E-state index is 12.8. The summed E-state index contributed by atoms with van der Waals surface area (Å²) in [6.45, 7) is 1.38. The summed E-state index contributed by atoms with van der Waals surface area (Å²) in [5.41, 5.74) is 2.16. The number of carbonyl (C=O) groups excluding carboxylic acids is 1. The molecule has 4 heterocycles. The van der Waals surface area contributed by atoms with Crippen LogP contribution >= 0.6 is 0 Å². The summed E-state index contributed by atoms with van der Waals surface area (Å²) < 4.78 is 35.5. The Morgan fingerprint density at radius 3 is 2.76 bits per heavy atom. The number of fused-ring (bicyclic) bond motifs is 2. The highest BCUT2D eigenvalue weighted by molar-refractivity contribution is 7.89. The van der Waals surface area contributed by atoms with Crippen molar-refractivity contribution in [3.05, 3.63) is 65.0 Å². The Morgan fingerprint density at radius 2 is 1.97 bits per heavy atom. The lowest BCUT2D eigenvalue weighted by molar-refractivity contribution is -0.121. The van der Waals surface area contributed by atoms with E-state index in [-0.39, 0.29) is 35.9 Å². The molecule has 5 rings (SSSR count). The van der Waals surface area contributed by atoms with Crippen LogP contribution in [0.25, 0.3) is 16.7 Å². The van der Waals surface area contributed by atoms with Crippen LogP contribution in [0.15, 0.2) is 62.9 Å². The van der Waals surface area contributed by atoms with Crippen molar-refractivity contribution in [3.63, 3.8) is 0 Å². The van der Waals surface area contributed by atoms with Gasteiger partial charge >= 0.3 is 5.76 Å². The number of aromatic nitrogens is 3. The summed E-state index contributed by atoms with van der Waals surface area (Å²) in [7, 11) is -3.61. The second kappa shape index (κ2) is 8.49. The van der Waals surface area contributed by atoms with Crippen molar-refractivity contribution in [3.8, 4) is 0 Å². The van der Waals surface area contributed by atoms with Crippen molar-refractivity contribution in [2.24, 2.45) is 0 Å². The second-order valence-corrected chi connectivity index (χ2v) is 9.92. The van der Waals surface area contributed by atoms with E-state index in [1.807, 2.05) is 35.0 Å². The Morgan fingerprint density at radius 1 is 1.15 bits per heavy atom. The number of rotatable bonds is 7. The van der Waals surface area contributed by atoms with Crippen LogP contribution in [0.1, 0.15) is 25.0 Å². The van der Waals surface area contributed by atoms with Gasteiger partial charge in [0.25, 0.3) is 0 Å². The smallest absolute Gasteiger partial charge is 0.408 e. The SMILES string of the molecule is O=C(CCn1c(=O)oc2cc(S(=O)(=O)N3CCCC3)ccc21)NCc1cn2ccccc2n1. The third-order valence-corrected chi connectivity index (χ3v) is 7.68. The number of oxazole rings is 1. The fraction of sp³-hybridized carbons (Fsp3) is 0.318. The first-order valence-electron chi connectivity index (χ1n) is 10.7. The molecule has 33 heavy (non-hydrogen) atoms. The number of aryl methyl sites for hydroxylation is 1. The molecule has 0 saturated carbocycles. The lowest BCUT2D eigenvalue weighted by atomic mass is 10.3. The van der Waals surface area contributed by atoms with Crippen LogP contribution in [-0.4, -0.2) is 45.7 Å². The Labute approximate surface area is 189 Å². The molecule has 1 aromatic carbocycles. The molecule has 1 amide bonds. The first kappa shape index (κ1) is 21.4. The number of nitrogens with zero attached hydrogens (tertiary/aromatic N) is 4. The number of pyridine rings is 1. The summed E-state index contributed by atoms with van der Waals surface area (Å²) in [6, 6.07) is 10.1. The van der Waals surface area contributed by atoms with E-state index in [2.05, 4.69) is 10.3 Å². The average molecular weight is 470 g/mol. The zero-order valence-corrected chi connectivity index (χ0v) is 18.6. The van der Waals surface area contributed by atoms with E-state index < -0.39 is 15.8 Å². The number of benzene rings is 1. The number of carbonyl (C=O) groups is 1. The number of nitrogens with one attached hydrogen (secondary N) is 1. The van der Waals surface area contributed by atoms with Gasteiger partial charge in [-0.3, -0.25) is 9.36 Å². The highest BCUT2D eigenvalue weighted by atomic mass is 32.2. The first-order valence-corrected chi connectivity index (χ1v) is 12.2. The third kappa shape index (κ3) is 4.16. The zero-order chi connectivity index (χ0) is 23.0. The Bertz CT molecular complexity index is 1460. The summed E-state index contributed by atoms with van der Waals surface area (Å²) in [6.07, 6.45) is 5.47. The predicted octanol–water partition coefficient (Wildman–Crippen LogP) is 1.73.